The molecule has 0 bridgehead atoms. The molecule has 1 N–H and O–H groups in total. The van der Waals surface area contributed by atoms with E-state index in [0.717, 1.165) is 41.9 Å². The first-order valence-corrected chi connectivity index (χ1v) is 10.5. The van der Waals surface area contributed by atoms with Crippen LogP contribution in [0.25, 0.3) is 0 Å². The second-order valence-electron chi connectivity index (χ2n) is 7.83. The molecule has 1 fully saturated rings. The Balaban J connectivity index is 1.82. The SMILES string of the molecule is COC(=O)/C=C1/S/C(=N\N=Cc2cccc3c2N(C(=O)OC(C)(C)C)CCC3)NC1=O. The van der Waals surface area contributed by atoms with E-state index in [-0.39, 0.29) is 10.1 Å². The van der Waals surface area contributed by atoms with E-state index in [2.05, 4.69) is 20.3 Å². The number of thioether (sulfide) groups is 1. The van der Waals surface area contributed by atoms with E-state index < -0.39 is 23.6 Å². The second kappa shape index (κ2) is 9.34. The number of carbonyl (C=O) groups excluding carboxylic acids is 3. The van der Waals surface area contributed by atoms with Gasteiger partial charge in [0, 0.05) is 18.2 Å². The van der Waals surface area contributed by atoms with Crippen molar-refractivity contribution in [2.45, 2.75) is 39.2 Å². The summed E-state index contributed by atoms with van der Waals surface area (Å²) in [6.07, 6.45) is 3.91. The highest BCUT2D eigenvalue weighted by Gasteiger charge is 2.29. The normalized spacial score (nSPS) is 19.0. The number of nitrogens with zero attached hydrogens (tertiary/aromatic N) is 3. The molecule has 1 aromatic rings. The third-order valence-electron chi connectivity index (χ3n) is 4.31. The Labute approximate surface area is 184 Å². The van der Waals surface area contributed by atoms with Gasteiger partial charge < -0.3 is 9.47 Å². The molecule has 0 aromatic heterocycles. The van der Waals surface area contributed by atoms with Gasteiger partial charge in [-0.25, -0.2) is 9.59 Å². The fourth-order valence-electron chi connectivity index (χ4n) is 3.07. The number of amides is 2. The minimum absolute atomic E-state index is 0.175. The van der Waals surface area contributed by atoms with E-state index in [4.69, 9.17) is 4.74 Å². The van der Waals surface area contributed by atoms with Crippen molar-refractivity contribution >= 4 is 46.8 Å². The van der Waals surface area contributed by atoms with Crippen molar-refractivity contribution in [2.24, 2.45) is 10.2 Å². The molecule has 2 amide bonds. The molecule has 2 heterocycles. The zero-order valence-electron chi connectivity index (χ0n) is 17.8. The zero-order chi connectivity index (χ0) is 22.6. The molecule has 0 radical (unpaired) electrons. The first-order valence-electron chi connectivity index (χ1n) is 9.70. The quantitative estimate of drug-likeness (QED) is 0.332. The molecule has 2 aliphatic heterocycles. The molecule has 0 spiro atoms. The van der Waals surface area contributed by atoms with Gasteiger partial charge in [0.05, 0.1) is 23.9 Å². The van der Waals surface area contributed by atoms with Crippen LogP contribution in [0.3, 0.4) is 0 Å². The van der Waals surface area contributed by atoms with Crippen LogP contribution in [0.5, 0.6) is 0 Å². The van der Waals surface area contributed by atoms with E-state index in [9.17, 15) is 14.4 Å². The molecule has 1 saturated heterocycles. The Hall–Kier alpha value is -3.14. The first-order chi connectivity index (χ1) is 14.7. The zero-order valence-corrected chi connectivity index (χ0v) is 18.6. The van der Waals surface area contributed by atoms with Crippen LogP contribution >= 0.6 is 11.8 Å². The standard InChI is InChI=1S/C21H24N4O5S/c1-21(2,3)30-20(28)25-10-6-9-13-7-5-8-14(17(13)25)12-22-24-19-23-18(27)15(31-19)11-16(26)29-4/h5,7-8,11-12H,6,9-10H2,1-4H3,(H,23,24,27)/b15-11+,22-12?. The topological polar surface area (TPSA) is 110 Å². The van der Waals surface area contributed by atoms with E-state index in [1.807, 2.05) is 39.0 Å². The van der Waals surface area contributed by atoms with Crippen LogP contribution in [0.15, 0.2) is 39.4 Å². The number of hydrogen-bond acceptors (Lipinski definition) is 8. The number of methoxy groups -OCH3 is 1. The summed E-state index contributed by atoms with van der Waals surface area (Å²) in [7, 11) is 1.23. The Morgan fingerprint density at radius 3 is 2.77 bits per heavy atom. The molecule has 0 unspecified atom stereocenters. The summed E-state index contributed by atoms with van der Waals surface area (Å²) in [6, 6.07) is 5.72. The molecule has 164 valence electrons. The smallest absolute Gasteiger partial charge is 0.414 e. The fourth-order valence-corrected chi connectivity index (χ4v) is 3.81. The van der Waals surface area contributed by atoms with Crippen LogP contribution in [-0.4, -0.2) is 48.6 Å². The summed E-state index contributed by atoms with van der Waals surface area (Å²) in [5, 5.41) is 10.9. The predicted molar refractivity (Wildman–Crippen MR) is 119 cm³/mol. The molecule has 9 nitrogen and oxygen atoms in total. The first kappa shape index (κ1) is 22.5. The summed E-state index contributed by atoms with van der Waals surface area (Å²) in [4.78, 5) is 37.8. The van der Waals surface area contributed by atoms with E-state index in [1.165, 1.54) is 13.3 Å². The Morgan fingerprint density at radius 2 is 2.06 bits per heavy atom. The Bertz CT molecular complexity index is 994. The minimum Gasteiger partial charge on any atom is -0.466 e. The lowest BCUT2D eigenvalue weighted by atomic mass is 9.98. The molecule has 1 aromatic carbocycles. The van der Waals surface area contributed by atoms with Gasteiger partial charge in [0.1, 0.15) is 5.60 Å². The van der Waals surface area contributed by atoms with Gasteiger partial charge in [-0.05, 0) is 50.9 Å². The van der Waals surface area contributed by atoms with Gasteiger partial charge in [0.2, 0.25) is 0 Å². The predicted octanol–water partition coefficient (Wildman–Crippen LogP) is 2.98. The van der Waals surface area contributed by atoms with E-state index in [0.29, 0.717) is 12.1 Å². The fraction of sp³-hybridized carbons (Fsp3) is 0.381. The number of benzene rings is 1. The molecule has 3 rings (SSSR count). The van der Waals surface area contributed by atoms with Gasteiger partial charge in [-0.15, -0.1) is 5.10 Å². The molecule has 2 aliphatic rings. The van der Waals surface area contributed by atoms with Crippen molar-refractivity contribution in [2.75, 3.05) is 18.6 Å². The molecule has 10 heteroatoms. The second-order valence-corrected chi connectivity index (χ2v) is 8.86. The molecular formula is C21H24N4O5S. The summed E-state index contributed by atoms with van der Waals surface area (Å²) in [6.45, 7) is 6.04. The van der Waals surface area contributed by atoms with Crippen LogP contribution in [0.1, 0.15) is 38.3 Å². The van der Waals surface area contributed by atoms with Crippen molar-refractivity contribution in [1.29, 1.82) is 0 Å². The number of hydrogen-bond donors (Lipinski definition) is 1. The molecule has 31 heavy (non-hydrogen) atoms. The van der Waals surface area contributed by atoms with Crippen LogP contribution in [0.4, 0.5) is 10.5 Å². The number of esters is 1. The molecule has 0 atom stereocenters. The van der Waals surface area contributed by atoms with Crippen molar-refractivity contribution in [3.63, 3.8) is 0 Å². The number of carbonyl (C=O) groups is 3. The van der Waals surface area contributed by atoms with Crippen molar-refractivity contribution in [1.82, 2.24) is 5.32 Å². The Morgan fingerprint density at radius 1 is 1.29 bits per heavy atom. The maximum Gasteiger partial charge on any atom is 0.414 e. The van der Waals surface area contributed by atoms with Gasteiger partial charge in [0.25, 0.3) is 5.91 Å². The lowest BCUT2D eigenvalue weighted by Gasteiger charge is -2.32. The largest absolute Gasteiger partial charge is 0.466 e. The van der Waals surface area contributed by atoms with E-state index >= 15 is 0 Å². The highest BCUT2D eigenvalue weighted by molar-refractivity contribution is 8.18. The maximum absolute atomic E-state index is 12.7. The summed E-state index contributed by atoms with van der Waals surface area (Å²) in [5.74, 6) is -1.07. The summed E-state index contributed by atoms with van der Waals surface area (Å²) < 4.78 is 10.1. The number of aryl methyl sites for hydroxylation is 1. The highest BCUT2D eigenvalue weighted by Crippen LogP contribution is 2.31. The summed E-state index contributed by atoms with van der Waals surface area (Å²) >= 11 is 0.990. The highest BCUT2D eigenvalue weighted by atomic mass is 32.2. The number of nitrogens with one attached hydrogen (secondary N) is 1. The van der Waals surface area contributed by atoms with E-state index in [1.54, 1.807) is 4.90 Å². The lowest BCUT2D eigenvalue weighted by molar-refractivity contribution is -0.135. The third kappa shape index (κ3) is 5.72. The minimum atomic E-state index is -0.624. The van der Waals surface area contributed by atoms with Crippen LogP contribution in [0, 0.1) is 0 Å². The number of para-hydroxylation sites is 1. The molecule has 0 aliphatic carbocycles. The van der Waals surface area contributed by atoms with Gasteiger partial charge in [0.15, 0.2) is 5.17 Å². The number of fused-ring (bicyclic) bond motifs is 1. The van der Waals surface area contributed by atoms with Crippen molar-refractivity contribution < 1.29 is 23.9 Å². The molecular weight excluding hydrogens is 420 g/mol. The maximum atomic E-state index is 12.7. The summed E-state index contributed by atoms with van der Waals surface area (Å²) in [5.41, 5.74) is 1.89. The third-order valence-corrected chi connectivity index (χ3v) is 5.21. The average molecular weight is 445 g/mol. The number of amidine groups is 1. The molecule has 0 saturated carbocycles. The van der Waals surface area contributed by atoms with Gasteiger partial charge in [-0.1, -0.05) is 18.2 Å². The Kier molecular flexibility index (Phi) is 6.79. The van der Waals surface area contributed by atoms with Crippen LogP contribution in [0.2, 0.25) is 0 Å². The van der Waals surface area contributed by atoms with Crippen molar-refractivity contribution in [3.8, 4) is 0 Å². The van der Waals surface area contributed by atoms with Gasteiger partial charge in [-0.3, -0.25) is 15.0 Å². The van der Waals surface area contributed by atoms with Crippen LogP contribution < -0.4 is 10.2 Å². The van der Waals surface area contributed by atoms with Gasteiger partial charge in [-0.2, -0.15) is 5.10 Å². The van der Waals surface area contributed by atoms with Gasteiger partial charge >= 0.3 is 12.1 Å². The monoisotopic (exact) mass is 444 g/mol. The van der Waals surface area contributed by atoms with Crippen LogP contribution in [-0.2, 0) is 25.5 Å². The number of ether oxygens (including phenoxy) is 2. The lowest BCUT2D eigenvalue weighted by Crippen LogP contribution is -2.40. The number of anilines is 1. The average Bonchev–Trinajstić information content (AvgIpc) is 3.05. The van der Waals surface area contributed by atoms with Crippen molar-refractivity contribution in [3.05, 3.63) is 40.3 Å². The number of rotatable bonds is 3.